The molecule has 0 aliphatic rings. The van der Waals surface area contributed by atoms with E-state index in [0.29, 0.717) is 13.0 Å². The number of hydrogen-bond acceptors (Lipinski definition) is 5. The van der Waals surface area contributed by atoms with Gasteiger partial charge in [-0.1, -0.05) is 78.1 Å². The van der Waals surface area contributed by atoms with Gasteiger partial charge in [0.2, 0.25) is 0 Å². The van der Waals surface area contributed by atoms with E-state index in [-0.39, 0.29) is 43.1 Å². The third kappa shape index (κ3) is 19.7. The molecule has 1 unspecified atom stereocenters. The number of carbonyl (C=O) groups is 3. The van der Waals surface area contributed by atoms with Crippen molar-refractivity contribution in [2.75, 3.05) is 13.2 Å². The van der Waals surface area contributed by atoms with E-state index in [2.05, 4.69) is 13.8 Å². The molecule has 0 aromatic carbocycles. The summed E-state index contributed by atoms with van der Waals surface area (Å²) in [7, 11) is 0. The number of Topliss-reactive ketones (excluding diaryl/α,β-unsaturated/α-hetero) is 1. The van der Waals surface area contributed by atoms with Crippen molar-refractivity contribution in [3.05, 3.63) is 0 Å². The second-order valence-electron chi connectivity index (χ2n) is 8.17. The van der Waals surface area contributed by atoms with Gasteiger partial charge in [-0.05, 0) is 19.8 Å². The van der Waals surface area contributed by atoms with Crippen LogP contribution in [0.4, 0.5) is 0 Å². The third-order valence-corrected chi connectivity index (χ3v) is 5.01. The number of unbranched alkanes of at least 4 members (excludes halogenated alkanes) is 10. The molecular formula is C24H44O5. The number of esters is 2. The van der Waals surface area contributed by atoms with E-state index in [1.165, 1.54) is 51.9 Å². The minimum atomic E-state index is -0.309. The molecule has 0 fully saturated rings. The fraction of sp³-hybridized carbons (Fsp3) is 0.875. The maximum absolute atomic E-state index is 12.0. The Kier molecular flexibility index (Phi) is 19.0. The van der Waals surface area contributed by atoms with Crippen molar-refractivity contribution in [3.63, 3.8) is 0 Å². The zero-order chi connectivity index (χ0) is 21.7. The van der Waals surface area contributed by atoms with E-state index in [0.717, 1.165) is 32.1 Å². The van der Waals surface area contributed by atoms with Crippen LogP contribution in [0.3, 0.4) is 0 Å². The van der Waals surface area contributed by atoms with Crippen molar-refractivity contribution in [1.29, 1.82) is 0 Å². The fourth-order valence-corrected chi connectivity index (χ4v) is 3.29. The van der Waals surface area contributed by atoms with Crippen LogP contribution in [-0.2, 0) is 23.9 Å². The van der Waals surface area contributed by atoms with Crippen LogP contribution in [0.1, 0.15) is 117 Å². The molecule has 5 nitrogen and oxygen atoms in total. The Hall–Kier alpha value is -1.39. The van der Waals surface area contributed by atoms with Gasteiger partial charge < -0.3 is 14.3 Å². The number of carbonyl (C=O) groups excluding carboxylic acids is 3. The van der Waals surface area contributed by atoms with Crippen LogP contribution in [-0.4, -0.2) is 30.9 Å². The molecule has 1 atom stereocenters. The van der Waals surface area contributed by atoms with Gasteiger partial charge in [-0.15, -0.1) is 0 Å². The lowest BCUT2D eigenvalue weighted by molar-refractivity contribution is -0.150. The molecule has 29 heavy (non-hydrogen) atoms. The highest BCUT2D eigenvalue weighted by atomic mass is 16.5. The molecule has 0 radical (unpaired) electrons. The van der Waals surface area contributed by atoms with E-state index in [1.54, 1.807) is 0 Å². The molecule has 0 bridgehead atoms. The van der Waals surface area contributed by atoms with Crippen LogP contribution in [0, 0.1) is 5.92 Å². The highest BCUT2D eigenvalue weighted by Gasteiger charge is 2.19. The van der Waals surface area contributed by atoms with Crippen molar-refractivity contribution < 1.29 is 23.9 Å². The van der Waals surface area contributed by atoms with Crippen LogP contribution in [0.15, 0.2) is 0 Å². The predicted molar refractivity (Wildman–Crippen MR) is 117 cm³/mol. The van der Waals surface area contributed by atoms with Gasteiger partial charge in [-0.2, -0.15) is 0 Å². The predicted octanol–water partition coefficient (Wildman–Crippen LogP) is 6.17. The van der Waals surface area contributed by atoms with Crippen molar-refractivity contribution >= 4 is 17.7 Å². The van der Waals surface area contributed by atoms with Crippen LogP contribution in [0.2, 0.25) is 0 Å². The molecule has 0 aromatic rings. The summed E-state index contributed by atoms with van der Waals surface area (Å²) in [5, 5.41) is 0. The highest BCUT2D eigenvalue weighted by Crippen LogP contribution is 2.14. The third-order valence-electron chi connectivity index (χ3n) is 5.01. The molecule has 0 aliphatic heterocycles. The molecule has 0 N–H and O–H groups in total. The van der Waals surface area contributed by atoms with Gasteiger partial charge in [0, 0.05) is 18.8 Å². The molecule has 0 saturated carbocycles. The Morgan fingerprint density at radius 2 is 1.21 bits per heavy atom. The van der Waals surface area contributed by atoms with Gasteiger partial charge >= 0.3 is 11.9 Å². The van der Waals surface area contributed by atoms with E-state index < -0.39 is 0 Å². The normalized spacial score (nSPS) is 11.8. The first-order valence-electron chi connectivity index (χ1n) is 11.8. The van der Waals surface area contributed by atoms with Gasteiger partial charge in [0.05, 0.1) is 19.6 Å². The summed E-state index contributed by atoms with van der Waals surface area (Å²) in [6, 6.07) is 0. The van der Waals surface area contributed by atoms with Gasteiger partial charge in [-0.25, -0.2) is 0 Å². The molecule has 0 aromatic heterocycles. The Morgan fingerprint density at radius 1 is 0.655 bits per heavy atom. The zero-order valence-corrected chi connectivity index (χ0v) is 19.1. The molecule has 5 heteroatoms. The van der Waals surface area contributed by atoms with Crippen LogP contribution >= 0.6 is 0 Å². The van der Waals surface area contributed by atoms with E-state index >= 15 is 0 Å². The first kappa shape index (κ1) is 27.6. The molecule has 0 saturated heterocycles. The summed E-state index contributed by atoms with van der Waals surface area (Å²) in [5.74, 6) is -0.852. The second kappa shape index (κ2) is 19.9. The average Bonchev–Trinajstić information content (AvgIpc) is 2.67. The summed E-state index contributed by atoms with van der Waals surface area (Å²) >= 11 is 0. The van der Waals surface area contributed by atoms with Gasteiger partial charge in [0.25, 0.3) is 0 Å². The SMILES string of the molecule is CCCCCCCCOC(=O)CC(COC(=O)CCCCCCCC)CC(C)=O. The molecule has 0 amide bonds. The minimum absolute atomic E-state index is 0.00861. The second-order valence-corrected chi connectivity index (χ2v) is 8.17. The first-order chi connectivity index (χ1) is 14.0. The maximum Gasteiger partial charge on any atom is 0.306 e. The fourth-order valence-electron chi connectivity index (χ4n) is 3.29. The summed E-state index contributed by atoms with van der Waals surface area (Å²) in [4.78, 5) is 35.4. The Morgan fingerprint density at radius 3 is 1.79 bits per heavy atom. The topological polar surface area (TPSA) is 69.7 Å². The number of rotatable bonds is 20. The van der Waals surface area contributed by atoms with Gasteiger partial charge in [0.1, 0.15) is 5.78 Å². The van der Waals surface area contributed by atoms with Crippen LogP contribution < -0.4 is 0 Å². The minimum Gasteiger partial charge on any atom is -0.466 e. The van der Waals surface area contributed by atoms with E-state index in [1.807, 2.05) is 0 Å². The van der Waals surface area contributed by atoms with Crippen molar-refractivity contribution in [3.8, 4) is 0 Å². The van der Waals surface area contributed by atoms with Gasteiger partial charge in [-0.3, -0.25) is 9.59 Å². The highest BCUT2D eigenvalue weighted by molar-refractivity contribution is 5.77. The number of ether oxygens (including phenoxy) is 2. The van der Waals surface area contributed by atoms with Crippen molar-refractivity contribution in [2.45, 2.75) is 117 Å². The molecule has 0 aliphatic carbocycles. The van der Waals surface area contributed by atoms with E-state index in [9.17, 15) is 14.4 Å². The standard InChI is InChI=1S/C24H44O5/c1-4-6-8-10-12-14-16-23(26)29-20-22(18-21(3)25)19-24(27)28-17-15-13-11-9-7-5-2/h22H,4-20H2,1-3H3. The monoisotopic (exact) mass is 412 g/mol. The quantitative estimate of drug-likeness (QED) is 0.177. The first-order valence-corrected chi connectivity index (χ1v) is 11.8. The smallest absolute Gasteiger partial charge is 0.306 e. The summed E-state index contributed by atoms with van der Waals surface area (Å²) < 4.78 is 10.6. The Balaban J connectivity index is 3.98. The van der Waals surface area contributed by atoms with Crippen LogP contribution in [0.5, 0.6) is 0 Å². The lowest BCUT2D eigenvalue weighted by Crippen LogP contribution is -2.21. The number of ketones is 1. The lowest BCUT2D eigenvalue weighted by Gasteiger charge is -2.15. The maximum atomic E-state index is 12.0. The van der Waals surface area contributed by atoms with Gasteiger partial charge in [0.15, 0.2) is 0 Å². The van der Waals surface area contributed by atoms with Crippen molar-refractivity contribution in [2.24, 2.45) is 5.92 Å². The molecule has 0 rings (SSSR count). The average molecular weight is 413 g/mol. The molecular weight excluding hydrogens is 368 g/mol. The van der Waals surface area contributed by atoms with E-state index in [4.69, 9.17) is 9.47 Å². The Labute approximate surface area is 178 Å². The zero-order valence-electron chi connectivity index (χ0n) is 19.1. The van der Waals surface area contributed by atoms with Crippen molar-refractivity contribution in [1.82, 2.24) is 0 Å². The summed E-state index contributed by atoms with van der Waals surface area (Å²) in [6.07, 6.45) is 14.3. The number of hydrogen-bond donors (Lipinski definition) is 0. The lowest BCUT2D eigenvalue weighted by atomic mass is 10.0. The Bertz CT molecular complexity index is 433. The molecule has 170 valence electrons. The largest absolute Gasteiger partial charge is 0.466 e. The molecule has 0 spiro atoms. The summed E-state index contributed by atoms with van der Waals surface area (Å²) in [5.41, 5.74) is 0. The van der Waals surface area contributed by atoms with Crippen LogP contribution in [0.25, 0.3) is 0 Å². The molecule has 0 heterocycles. The summed E-state index contributed by atoms with van der Waals surface area (Å²) in [6.45, 7) is 6.40.